The van der Waals surface area contributed by atoms with Crippen molar-refractivity contribution in [3.63, 3.8) is 0 Å². The number of rotatable bonds is 3. The van der Waals surface area contributed by atoms with Crippen LogP contribution in [0.2, 0.25) is 0 Å². The standard InChI is InChI=1S/C17H19FN2O3/c1-11-10-20(6-7-22-11)16(21)9-15-12(2)23-17(19-15)13-4-3-5-14(18)8-13/h3-5,8,11H,6-7,9-10H2,1-2H3. The molecule has 0 spiro atoms. The van der Waals surface area contributed by atoms with Crippen LogP contribution in [0.5, 0.6) is 0 Å². The molecule has 1 unspecified atom stereocenters. The van der Waals surface area contributed by atoms with Crippen molar-refractivity contribution in [2.24, 2.45) is 0 Å². The average Bonchev–Trinajstić information content (AvgIpc) is 2.88. The first-order chi connectivity index (χ1) is 11.0. The van der Waals surface area contributed by atoms with Gasteiger partial charge in [-0.2, -0.15) is 0 Å². The summed E-state index contributed by atoms with van der Waals surface area (Å²) in [5, 5.41) is 0. The van der Waals surface area contributed by atoms with Gasteiger partial charge in [0.15, 0.2) is 0 Å². The lowest BCUT2D eigenvalue weighted by atomic mass is 10.2. The second-order valence-electron chi connectivity index (χ2n) is 5.73. The molecule has 0 radical (unpaired) electrons. The summed E-state index contributed by atoms with van der Waals surface area (Å²) in [6.07, 6.45) is 0.228. The Morgan fingerprint density at radius 3 is 3.04 bits per heavy atom. The van der Waals surface area contributed by atoms with E-state index in [0.717, 1.165) is 0 Å². The van der Waals surface area contributed by atoms with Gasteiger partial charge in [0.1, 0.15) is 11.6 Å². The maximum absolute atomic E-state index is 13.3. The molecular weight excluding hydrogens is 299 g/mol. The summed E-state index contributed by atoms with van der Waals surface area (Å²) >= 11 is 0. The topological polar surface area (TPSA) is 55.6 Å². The SMILES string of the molecule is Cc1oc(-c2cccc(F)c2)nc1CC(=O)N1CCOC(C)C1. The van der Waals surface area contributed by atoms with Crippen LogP contribution >= 0.6 is 0 Å². The number of amides is 1. The van der Waals surface area contributed by atoms with Crippen molar-refractivity contribution in [1.82, 2.24) is 9.88 Å². The van der Waals surface area contributed by atoms with Crippen LogP contribution in [0.3, 0.4) is 0 Å². The molecule has 122 valence electrons. The fourth-order valence-electron chi connectivity index (χ4n) is 2.64. The molecule has 0 bridgehead atoms. The first-order valence-electron chi connectivity index (χ1n) is 7.64. The molecule has 1 amide bonds. The number of oxazole rings is 1. The van der Waals surface area contributed by atoms with E-state index in [1.807, 2.05) is 6.92 Å². The number of ether oxygens (including phenoxy) is 1. The average molecular weight is 318 g/mol. The maximum atomic E-state index is 13.3. The molecule has 1 saturated heterocycles. The van der Waals surface area contributed by atoms with Crippen LogP contribution in [0.4, 0.5) is 4.39 Å². The van der Waals surface area contributed by atoms with Gasteiger partial charge in [-0.15, -0.1) is 0 Å². The minimum atomic E-state index is -0.349. The molecule has 6 heteroatoms. The Labute approximate surface area is 134 Å². The highest BCUT2D eigenvalue weighted by Gasteiger charge is 2.23. The van der Waals surface area contributed by atoms with E-state index in [1.54, 1.807) is 24.0 Å². The molecule has 0 saturated carbocycles. The Balaban J connectivity index is 1.75. The van der Waals surface area contributed by atoms with Crippen molar-refractivity contribution in [1.29, 1.82) is 0 Å². The number of hydrogen-bond donors (Lipinski definition) is 0. The number of carbonyl (C=O) groups excluding carboxylic acids is 1. The number of aromatic nitrogens is 1. The fraction of sp³-hybridized carbons (Fsp3) is 0.412. The summed E-state index contributed by atoms with van der Waals surface area (Å²) < 4.78 is 24.3. The quantitative estimate of drug-likeness (QED) is 0.873. The number of hydrogen-bond acceptors (Lipinski definition) is 4. The van der Waals surface area contributed by atoms with Crippen LogP contribution in [0.25, 0.3) is 11.5 Å². The van der Waals surface area contributed by atoms with E-state index in [0.29, 0.717) is 42.6 Å². The zero-order valence-corrected chi connectivity index (χ0v) is 13.2. The van der Waals surface area contributed by atoms with Gasteiger partial charge < -0.3 is 14.1 Å². The van der Waals surface area contributed by atoms with Gasteiger partial charge in [-0.25, -0.2) is 9.37 Å². The van der Waals surface area contributed by atoms with E-state index in [9.17, 15) is 9.18 Å². The maximum Gasteiger partial charge on any atom is 0.228 e. The summed E-state index contributed by atoms with van der Waals surface area (Å²) in [6.45, 7) is 5.45. The van der Waals surface area contributed by atoms with Crippen molar-refractivity contribution in [2.45, 2.75) is 26.4 Å². The first-order valence-corrected chi connectivity index (χ1v) is 7.64. The Bertz CT molecular complexity index is 714. The van der Waals surface area contributed by atoms with Crippen LogP contribution in [0.1, 0.15) is 18.4 Å². The molecule has 2 heterocycles. The third-order valence-corrected chi connectivity index (χ3v) is 3.88. The summed E-state index contributed by atoms with van der Waals surface area (Å²) in [4.78, 5) is 18.5. The molecule has 1 atom stereocenters. The highest BCUT2D eigenvalue weighted by molar-refractivity contribution is 5.78. The minimum Gasteiger partial charge on any atom is -0.441 e. The predicted molar refractivity (Wildman–Crippen MR) is 82.3 cm³/mol. The molecule has 2 aromatic rings. The first kappa shape index (κ1) is 15.7. The molecule has 3 rings (SSSR count). The lowest BCUT2D eigenvalue weighted by Crippen LogP contribution is -2.45. The lowest BCUT2D eigenvalue weighted by molar-refractivity contribution is -0.137. The number of aryl methyl sites for hydroxylation is 1. The van der Waals surface area contributed by atoms with E-state index < -0.39 is 0 Å². The van der Waals surface area contributed by atoms with Crippen LogP contribution in [0.15, 0.2) is 28.7 Å². The second-order valence-corrected chi connectivity index (χ2v) is 5.73. The number of halogens is 1. The number of benzene rings is 1. The predicted octanol–water partition coefficient (Wildman–Crippen LogP) is 2.58. The molecule has 1 aliphatic heterocycles. The van der Waals surface area contributed by atoms with Gasteiger partial charge in [-0.05, 0) is 32.0 Å². The normalized spacial score (nSPS) is 18.2. The van der Waals surface area contributed by atoms with Gasteiger partial charge in [-0.3, -0.25) is 4.79 Å². The highest BCUT2D eigenvalue weighted by Crippen LogP contribution is 2.23. The summed E-state index contributed by atoms with van der Waals surface area (Å²) in [5.41, 5.74) is 1.15. The van der Waals surface area contributed by atoms with Gasteiger partial charge in [0, 0.05) is 18.7 Å². The molecular formula is C17H19FN2O3. The number of morpholine rings is 1. The Hall–Kier alpha value is -2.21. The number of carbonyl (C=O) groups is 1. The van der Waals surface area contributed by atoms with Crippen LogP contribution in [-0.4, -0.2) is 41.6 Å². The molecule has 5 nitrogen and oxygen atoms in total. The van der Waals surface area contributed by atoms with Crippen LogP contribution in [0, 0.1) is 12.7 Å². The molecule has 0 aliphatic carbocycles. The zero-order valence-electron chi connectivity index (χ0n) is 13.2. The van der Waals surface area contributed by atoms with Crippen LogP contribution in [-0.2, 0) is 16.0 Å². The van der Waals surface area contributed by atoms with Crippen molar-refractivity contribution >= 4 is 5.91 Å². The van der Waals surface area contributed by atoms with Gasteiger partial charge in [0.05, 0.1) is 24.8 Å². The van der Waals surface area contributed by atoms with Gasteiger partial charge >= 0.3 is 0 Å². The Morgan fingerprint density at radius 2 is 2.30 bits per heavy atom. The molecule has 1 aliphatic rings. The largest absolute Gasteiger partial charge is 0.441 e. The fourth-order valence-corrected chi connectivity index (χ4v) is 2.64. The summed E-state index contributed by atoms with van der Waals surface area (Å²) in [5.74, 6) is 0.569. The molecule has 0 N–H and O–H groups in total. The van der Waals surface area contributed by atoms with E-state index in [-0.39, 0.29) is 24.2 Å². The van der Waals surface area contributed by atoms with Crippen molar-refractivity contribution in [2.75, 3.05) is 19.7 Å². The summed E-state index contributed by atoms with van der Waals surface area (Å²) in [6, 6.07) is 6.05. The van der Waals surface area contributed by atoms with Crippen LogP contribution < -0.4 is 0 Å². The molecule has 1 aromatic carbocycles. The van der Waals surface area contributed by atoms with Gasteiger partial charge in [0.25, 0.3) is 0 Å². The zero-order chi connectivity index (χ0) is 16.4. The lowest BCUT2D eigenvalue weighted by Gasteiger charge is -2.31. The van der Waals surface area contributed by atoms with E-state index >= 15 is 0 Å². The van der Waals surface area contributed by atoms with Gasteiger partial charge in [-0.1, -0.05) is 6.07 Å². The molecule has 1 fully saturated rings. The second kappa shape index (κ2) is 6.50. The van der Waals surface area contributed by atoms with E-state index in [2.05, 4.69) is 4.98 Å². The third kappa shape index (κ3) is 3.59. The van der Waals surface area contributed by atoms with E-state index in [1.165, 1.54) is 12.1 Å². The Kier molecular flexibility index (Phi) is 4.43. The Morgan fingerprint density at radius 1 is 1.48 bits per heavy atom. The van der Waals surface area contributed by atoms with Crippen molar-refractivity contribution in [3.8, 4) is 11.5 Å². The smallest absolute Gasteiger partial charge is 0.228 e. The van der Waals surface area contributed by atoms with E-state index in [4.69, 9.17) is 9.15 Å². The monoisotopic (exact) mass is 318 g/mol. The number of nitrogens with zero attached hydrogens (tertiary/aromatic N) is 2. The third-order valence-electron chi connectivity index (χ3n) is 3.88. The van der Waals surface area contributed by atoms with Crippen molar-refractivity contribution in [3.05, 3.63) is 41.5 Å². The van der Waals surface area contributed by atoms with Gasteiger partial charge in [0.2, 0.25) is 11.8 Å². The molecule has 1 aromatic heterocycles. The molecule has 23 heavy (non-hydrogen) atoms. The summed E-state index contributed by atoms with van der Waals surface area (Å²) in [7, 11) is 0. The highest BCUT2D eigenvalue weighted by atomic mass is 19.1. The minimum absolute atomic E-state index is 0.00217. The van der Waals surface area contributed by atoms with Crippen molar-refractivity contribution < 1.29 is 18.3 Å².